The molecule has 3 rings (SSSR count). The van der Waals surface area contributed by atoms with Gasteiger partial charge >= 0.3 is 0 Å². The number of hydrogen-bond acceptors (Lipinski definition) is 3. The number of hydrogen-bond donors (Lipinski definition) is 1. The van der Waals surface area contributed by atoms with Crippen molar-refractivity contribution in [2.24, 2.45) is 5.10 Å². The molecule has 0 saturated heterocycles. The van der Waals surface area contributed by atoms with Crippen molar-refractivity contribution >= 4 is 28.1 Å². The van der Waals surface area contributed by atoms with E-state index >= 15 is 0 Å². The molecule has 0 fully saturated rings. The number of carbonyl (C=O) groups excluding carboxylic acids is 1. The van der Waals surface area contributed by atoms with Crippen molar-refractivity contribution in [2.75, 3.05) is 0 Å². The minimum Gasteiger partial charge on any atom is -0.273 e. The van der Waals surface area contributed by atoms with E-state index in [2.05, 4.69) is 33.4 Å². The lowest BCUT2D eigenvalue weighted by atomic mass is 10.0. The number of benzene rings is 2. The van der Waals surface area contributed by atoms with Gasteiger partial charge in [-0.15, -0.1) is 0 Å². The molecule has 40 heavy (non-hydrogen) atoms. The van der Waals surface area contributed by atoms with Crippen molar-refractivity contribution in [3.05, 3.63) is 70.8 Å². The fourth-order valence-electron chi connectivity index (χ4n) is 4.91. The van der Waals surface area contributed by atoms with Crippen LogP contribution in [0.1, 0.15) is 115 Å². The fraction of sp³-hybridized carbons (Fsp3) is 0.500. The Morgan fingerprint density at radius 3 is 1.93 bits per heavy atom. The molecule has 0 aliphatic heterocycles. The van der Waals surface area contributed by atoms with E-state index in [4.69, 9.17) is 5.10 Å². The smallest absolute Gasteiger partial charge is 0.240 e. The van der Waals surface area contributed by atoms with Crippen LogP contribution < -0.4 is 5.43 Å². The van der Waals surface area contributed by atoms with Gasteiger partial charge in [-0.05, 0) is 30.7 Å². The molecular weight excluding hydrogens is 560 g/mol. The SMILES string of the molecule is CCCCCCCCCCCCCCCCCC(=O)N/N=C\c1cn(-c2ccccc2)nc1-c1ccc(Br)cc1. The van der Waals surface area contributed by atoms with Crippen LogP contribution in [0.4, 0.5) is 0 Å². The molecule has 1 N–H and O–H groups in total. The topological polar surface area (TPSA) is 59.3 Å². The molecule has 1 aromatic heterocycles. The number of nitrogens with zero attached hydrogens (tertiary/aromatic N) is 3. The molecule has 5 nitrogen and oxygen atoms in total. The zero-order valence-corrected chi connectivity index (χ0v) is 25.9. The Kier molecular flexibility index (Phi) is 15.4. The van der Waals surface area contributed by atoms with E-state index in [1.54, 1.807) is 6.21 Å². The summed E-state index contributed by atoms with van der Waals surface area (Å²) in [6.45, 7) is 2.28. The van der Waals surface area contributed by atoms with Crippen molar-refractivity contribution in [2.45, 2.75) is 110 Å². The van der Waals surface area contributed by atoms with E-state index in [9.17, 15) is 4.79 Å². The predicted octanol–water partition coefficient (Wildman–Crippen LogP) is 10.0. The normalized spacial score (nSPS) is 11.3. The molecule has 2 aromatic carbocycles. The van der Waals surface area contributed by atoms with Crippen LogP contribution in [-0.2, 0) is 4.79 Å². The van der Waals surface area contributed by atoms with Crippen LogP contribution in [0.2, 0.25) is 0 Å². The summed E-state index contributed by atoms with van der Waals surface area (Å²) in [5, 5.41) is 9.05. The van der Waals surface area contributed by atoms with E-state index in [-0.39, 0.29) is 5.91 Å². The lowest BCUT2D eigenvalue weighted by molar-refractivity contribution is -0.121. The van der Waals surface area contributed by atoms with Crippen LogP contribution in [0.5, 0.6) is 0 Å². The second-order valence-corrected chi connectivity index (χ2v) is 11.6. The molecular formula is C34H47BrN4O. The van der Waals surface area contributed by atoms with E-state index in [1.807, 2.05) is 65.5 Å². The van der Waals surface area contributed by atoms with E-state index in [1.165, 1.54) is 83.5 Å². The number of nitrogens with one attached hydrogen (secondary N) is 1. The number of para-hydroxylation sites is 1. The lowest BCUT2D eigenvalue weighted by Crippen LogP contribution is -2.16. The van der Waals surface area contributed by atoms with Crippen LogP contribution in [0.15, 0.2) is 70.4 Å². The van der Waals surface area contributed by atoms with Crippen LogP contribution in [0, 0.1) is 0 Å². The van der Waals surface area contributed by atoms with Crippen molar-refractivity contribution in [3.63, 3.8) is 0 Å². The minimum atomic E-state index is -0.0356. The van der Waals surface area contributed by atoms with Crippen molar-refractivity contribution in [3.8, 4) is 16.9 Å². The summed E-state index contributed by atoms with van der Waals surface area (Å²) in [4.78, 5) is 12.3. The van der Waals surface area contributed by atoms with Gasteiger partial charge in [0.2, 0.25) is 5.91 Å². The Hall–Kier alpha value is -2.73. The summed E-state index contributed by atoms with van der Waals surface area (Å²) in [6.07, 6.45) is 23.9. The van der Waals surface area contributed by atoms with Crippen LogP contribution in [-0.4, -0.2) is 21.9 Å². The average molecular weight is 608 g/mol. The highest BCUT2D eigenvalue weighted by Crippen LogP contribution is 2.24. The highest BCUT2D eigenvalue weighted by atomic mass is 79.9. The number of rotatable bonds is 20. The average Bonchev–Trinajstić information content (AvgIpc) is 3.40. The van der Waals surface area contributed by atoms with Gasteiger partial charge in [0.15, 0.2) is 0 Å². The summed E-state index contributed by atoms with van der Waals surface area (Å²) in [5.41, 5.74) is 6.33. The van der Waals surface area contributed by atoms with Crippen LogP contribution in [0.25, 0.3) is 16.9 Å². The number of aromatic nitrogens is 2. The van der Waals surface area contributed by atoms with Crippen molar-refractivity contribution in [1.82, 2.24) is 15.2 Å². The van der Waals surface area contributed by atoms with Gasteiger partial charge in [0.05, 0.1) is 11.9 Å². The maximum absolute atomic E-state index is 12.3. The Balaban J connectivity index is 1.31. The molecule has 0 atom stereocenters. The molecule has 6 heteroatoms. The highest BCUT2D eigenvalue weighted by Gasteiger charge is 2.11. The third kappa shape index (κ3) is 12.2. The maximum Gasteiger partial charge on any atom is 0.240 e. The maximum atomic E-state index is 12.3. The number of unbranched alkanes of at least 4 members (excludes halogenated alkanes) is 14. The van der Waals surface area contributed by atoms with E-state index in [0.29, 0.717) is 6.42 Å². The van der Waals surface area contributed by atoms with Gasteiger partial charge in [-0.3, -0.25) is 4.79 Å². The first kappa shape index (κ1) is 31.8. The standard InChI is InChI=1S/C34H47BrN4O/c1-2-3-4-5-6-7-8-9-10-11-12-13-14-15-19-22-33(40)37-36-27-30-28-39(32-20-17-16-18-21-32)38-34(30)29-23-25-31(35)26-24-29/h16-18,20-21,23-28H,2-15,19,22H2,1H3,(H,37,40)/b36-27-. The Morgan fingerprint density at radius 2 is 1.35 bits per heavy atom. The second kappa shape index (κ2) is 19.4. The summed E-state index contributed by atoms with van der Waals surface area (Å²) < 4.78 is 2.86. The van der Waals surface area contributed by atoms with Gasteiger partial charge in [0, 0.05) is 28.2 Å². The van der Waals surface area contributed by atoms with Crippen molar-refractivity contribution < 1.29 is 4.79 Å². The molecule has 0 aliphatic carbocycles. The van der Waals surface area contributed by atoms with Gasteiger partial charge in [-0.25, -0.2) is 10.1 Å². The van der Waals surface area contributed by atoms with Crippen molar-refractivity contribution in [1.29, 1.82) is 0 Å². The van der Waals surface area contributed by atoms with Gasteiger partial charge in [-0.1, -0.05) is 143 Å². The molecule has 1 amide bonds. The first-order valence-electron chi connectivity index (χ1n) is 15.4. The summed E-state index contributed by atoms with van der Waals surface area (Å²) in [6, 6.07) is 18.0. The zero-order valence-electron chi connectivity index (χ0n) is 24.3. The van der Waals surface area contributed by atoms with Gasteiger partial charge in [-0.2, -0.15) is 10.2 Å². The quantitative estimate of drug-likeness (QED) is 0.0789. The van der Waals surface area contributed by atoms with Crippen LogP contribution >= 0.6 is 15.9 Å². The Bertz CT molecular complexity index is 1120. The van der Waals surface area contributed by atoms with Gasteiger partial charge in [0.1, 0.15) is 5.69 Å². The second-order valence-electron chi connectivity index (χ2n) is 10.7. The van der Waals surface area contributed by atoms with E-state index in [0.717, 1.165) is 39.8 Å². The lowest BCUT2D eigenvalue weighted by Gasteiger charge is -2.03. The van der Waals surface area contributed by atoms with Gasteiger partial charge in [0.25, 0.3) is 0 Å². The van der Waals surface area contributed by atoms with Crippen LogP contribution in [0.3, 0.4) is 0 Å². The monoisotopic (exact) mass is 606 g/mol. The minimum absolute atomic E-state index is 0.0356. The molecule has 0 saturated carbocycles. The number of halogens is 1. The number of carbonyl (C=O) groups is 1. The molecule has 0 radical (unpaired) electrons. The molecule has 0 bridgehead atoms. The molecule has 0 spiro atoms. The molecule has 216 valence electrons. The Morgan fingerprint density at radius 1 is 0.800 bits per heavy atom. The third-order valence-electron chi connectivity index (χ3n) is 7.28. The fourth-order valence-corrected chi connectivity index (χ4v) is 5.18. The van der Waals surface area contributed by atoms with Gasteiger partial charge < -0.3 is 0 Å². The highest BCUT2D eigenvalue weighted by molar-refractivity contribution is 9.10. The van der Waals surface area contributed by atoms with E-state index < -0.39 is 0 Å². The largest absolute Gasteiger partial charge is 0.273 e. The summed E-state index contributed by atoms with van der Waals surface area (Å²) >= 11 is 3.50. The molecule has 1 heterocycles. The first-order chi connectivity index (χ1) is 19.7. The molecule has 0 aliphatic rings. The number of amides is 1. The predicted molar refractivity (Wildman–Crippen MR) is 172 cm³/mol. The zero-order chi connectivity index (χ0) is 28.3. The molecule has 3 aromatic rings. The Labute approximate surface area is 250 Å². The third-order valence-corrected chi connectivity index (χ3v) is 7.81. The summed E-state index contributed by atoms with van der Waals surface area (Å²) in [5.74, 6) is -0.0356. The molecule has 0 unspecified atom stereocenters. The number of hydrazone groups is 1. The first-order valence-corrected chi connectivity index (χ1v) is 16.2. The summed E-state index contributed by atoms with van der Waals surface area (Å²) in [7, 11) is 0.